The highest BCUT2D eigenvalue weighted by atomic mass is 16.5. The number of benzene rings is 1. The Balaban J connectivity index is 2.23. The molecule has 0 aliphatic carbocycles. The van der Waals surface area contributed by atoms with Gasteiger partial charge in [0.2, 0.25) is 0 Å². The van der Waals surface area contributed by atoms with E-state index >= 15 is 0 Å². The maximum atomic E-state index is 10.1. The van der Waals surface area contributed by atoms with Gasteiger partial charge in [-0.2, -0.15) is 0 Å². The predicted molar refractivity (Wildman–Crippen MR) is 84.1 cm³/mol. The number of aliphatic hydroxyl groups is 1. The van der Waals surface area contributed by atoms with Crippen molar-refractivity contribution in [3.63, 3.8) is 0 Å². The molecule has 0 saturated carbocycles. The van der Waals surface area contributed by atoms with Crippen molar-refractivity contribution in [3.05, 3.63) is 35.4 Å². The van der Waals surface area contributed by atoms with Gasteiger partial charge in [-0.1, -0.05) is 38.1 Å². The van der Waals surface area contributed by atoms with Gasteiger partial charge in [0.05, 0.1) is 12.2 Å². The molecule has 2 N–H and O–H groups in total. The lowest BCUT2D eigenvalue weighted by molar-refractivity contribution is 0.0763. The zero-order valence-electron chi connectivity index (χ0n) is 13.2. The summed E-state index contributed by atoms with van der Waals surface area (Å²) in [4.78, 5) is 0. The molecule has 1 rings (SSSR count). The van der Waals surface area contributed by atoms with Crippen molar-refractivity contribution in [1.29, 1.82) is 0 Å². The van der Waals surface area contributed by atoms with Crippen molar-refractivity contribution in [3.8, 4) is 0 Å². The molecule has 3 nitrogen and oxygen atoms in total. The van der Waals surface area contributed by atoms with Crippen LogP contribution in [0.25, 0.3) is 0 Å². The molecule has 20 heavy (non-hydrogen) atoms. The molecular weight excluding hydrogens is 250 g/mol. The number of hydrogen-bond donors (Lipinski definition) is 2. The third-order valence-corrected chi connectivity index (χ3v) is 3.27. The van der Waals surface area contributed by atoms with Gasteiger partial charge < -0.3 is 15.2 Å². The van der Waals surface area contributed by atoms with Gasteiger partial charge in [0.15, 0.2) is 0 Å². The molecular formula is C17H29NO2. The van der Waals surface area contributed by atoms with Crippen molar-refractivity contribution in [2.75, 3.05) is 19.7 Å². The molecule has 0 aromatic heterocycles. The summed E-state index contributed by atoms with van der Waals surface area (Å²) in [6.45, 7) is 10.6. The molecule has 0 spiro atoms. The minimum atomic E-state index is -0.442. The quantitative estimate of drug-likeness (QED) is 0.682. The molecule has 0 bridgehead atoms. The van der Waals surface area contributed by atoms with Crippen LogP contribution in [0.3, 0.4) is 0 Å². The van der Waals surface area contributed by atoms with Crippen molar-refractivity contribution in [1.82, 2.24) is 5.32 Å². The van der Waals surface area contributed by atoms with Crippen LogP contribution in [0.1, 0.15) is 57.3 Å². The van der Waals surface area contributed by atoms with Gasteiger partial charge >= 0.3 is 0 Å². The molecule has 0 heterocycles. The van der Waals surface area contributed by atoms with Crippen LogP contribution in [0.15, 0.2) is 24.3 Å². The molecule has 0 amide bonds. The maximum Gasteiger partial charge on any atom is 0.0914 e. The SMILES string of the molecule is CC(C)OCCCNCC(O)c1ccc(C(C)C)cc1. The van der Waals surface area contributed by atoms with E-state index in [1.165, 1.54) is 5.56 Å². The highest BCUT2D eigenvalue weighted by molar-refractivity contribution is 5.26. The van der Waals surface area contributed by atoms with Gasteiger partial charge in [0.25, 0.3) is 0 Å². The maximum absolute atomic E-state index is 10.1. The monoisotopic (exact) mass is 279 g/mol. The molecule has 114 valence electrons. The van der Waals surface area contributed by atoms with Crippen molar-refractivity contribution in [2.45, 2.75) is 52.2 Å². The summed E-state index contributed by atoms with van der Waals surface area (Å²) in [5.74, 6) is 0.528. The van der Waals surface area contributed by atoms with E-state index in [9.17, 15) is 5.11 Å². The summed E-state index contributed by atoms with van der Waals surface area (Å²) >= 11 is 0. The Kier molecular flexibility index (Phi) is 7.82. The van der Waals surface area contributed by atoms with Crippen LogP contribution in [0, 0.1) is 0 Å². The first kappa shape index (κ1) is 17.2. The van der Waals surface area contributed by atoms with Crippen molar-refractivity contribution < 1.29 is 9.84 Å². The molecule has 1 aromatic carbocycles. The third kappa shape index (κ3) is 6.51. The zero-order chi connectivity index (χ0) is 15.0. The molecule has 0 aliphatic heterocycles. The number of aliphatic hydroxyl groups excluding tert-OH is 1. The van der Waals surface area contributed by atoms with E-state index in [1.54, 1.807) is 0 Å². The van der Waals surface area contributed by atoms with Gasteiger partial charge in [-0.15, -0.1) is 0 Å². The van der Waals surface area contributed by atoms with Crippen LogP contribution in [0.4, 0.5) is 0 Å². The Bertz CT molecular complexity index is 360. The molecule has 1 unspecified atom stereocenters. The van der Waals surface area contributed by atoms with E-state index in [1.807, 2.05) is 26.0 Å². The Morgan fingerprint density at radius 1 is 1.05 bits per heavy atom. The first-order valence-corrected chi connectivity index (χ1v) is 7.61. The lowest BCUT2D eigenvalue weighted by Crippen LogP contribution is -2.23. The van der Waals surface area contributed by atoms with Gasteiger partial charge in [-0.25, -0.2) is 0 Å². The van der Waals surface area contributed by atoms with E-state index in [-0.39, 0.29) is 0 Å². The molecule has 0 saturated heterocycles. The molecule has 1 atom stereocenters. The van der Waals surface area contributed by atoms with Crippen LogP contribution in [-0.4, -0.2) is 30.9 Å². The normalized spacial score (nSPS) is 13.2. The Hall–Kier alpha value is -0.900. The average molecular weight is 279 g/mol. The summed E-state index contributed by atoms with van der Waals surface area (Å²) < 4.78 is 5.47. The fraction of sp³-hybridized carbons (Fsp3) is 0.647. The van der Waals surface area contributed by atoms with Crippen LogP contribution >= 0.6 is 0 Å². The lowest BCUT2D eigenvalue weighted by atomic mass is 10.00. The third-order valence-electron chi connectivity index (χ3n) is 3.27. The summed E-state index contributed by atoms with van der Waals surface area (Å²) in [7, 11) is 0. The fourth-order valence-corrected chi connectivity index (χ4v) is 1.98. The highest BCUT2D eigenvalue weighted by Gasteiger charge is 2.07. The van der Waals surface area contributed by atoms with E-state index in [2.05, 4.69) is 31.3 Å². The summed E-state index contributed by atoms with van der Waals surface area (Å²) in [5, 5.41) is 13.4. The molecule has 1 aromatic rings. The lowest BCUT2D eigenvalue weighted by Gasteiger charge is -2.14. The molecule has 0 aliphatic rings. The molecule has 3 heteroatoms. The van der Waals surface area contributed by atoms with E-state index in [0.29, 0.717) is 18.6 Å². The minimum absolute atomic E-state index is 0.292. The molecule has 0 fully saturated rings. The highest BCUT2D eigenvalue weighted by Crippen LogP contribution is 2.18. The Morgan fingerprint density at radius 2 is 1.65 bits per heavy atom. The summed E-state index contributed by atoms with van der Waals surface area (Å²) in [6, 6.07) is 8.23. The van der Waals surface area contributed by atoms with Crippen LogP contribution in [0.5, 0.6) is 0 Å². The number of nitrogens with one attached hydrogen (secondary N) is 1. The minimum Gasteiger partial charge on any atom is -0.387 e. The first-order valence-electron chi connectivity index (χ1n) is 7.61. The van der Waals surface area contributed by atoms with Gasteiger partial charge in [-0.05, 0) is 43.9 Å². The largest absolute Gasteiger partial charge is 0.387 e. The number of rotatable bonds is 9. The van der Waals surface area contributed by atoms with Crippen LogP contribution in [0.2, 0.25) is 0 Å². The smallest absolute Gasteiger partial charge is 0.0914 e. The average Bonchev–Trinajstić information content (AvgIpc) is 2.42. The second-order valence-electron chi connectivity index (χ2n) is 5.81. The second-order valence-corrected chi connectivity index (χ2v) is 5.81. The second kappa shape index (κ2) is 9.11. The topological polar surface area (TPSA) is 41.5 Å². The van der Waals surface area contributed by atoms with Crippen LogP contribution in [-0.2, 0) is 4.74 Å². The van der Waals surface area contributed by atoms with Crippen LogP contribution < -0.4 is 5.32 Å². The Labute approximate surface area is 123 Å². The van der Waals surface area contributed by atoms with E-state index in [0.717, 1.165) is 25.1 Å². The Morgan fingerprint density at radius 3 is 2.20 bits per heavy atom. The van der Waals surface area contributed by atoms with Gasteiger partial charge in [0.1, 0.15) is 0 Å². The van der Waals surface area contributed by atoms with Crippen molar-refractivity contribution >= 4 is 0 Å². The predicted octanol–water partition coefficient (Wildman–Crippen LogP) is 3.25. The fourth-order valence-electron chi connectivity index (χ4n) is 1.98. The standard InChI is InChI=1S/C17H29NO2/c1-13(2)15-6-8-16(9-7-15)17(19)12-18-10-5-11-20-14(3)4/h6-9,13-14,17-19H,5,10-12H2,1-4H3. The number of hydrogen-bond acceptors (Lipinski definition) is 3. The molecule has 0 radical (unpaired) electrons. The van der Waals surface area contributed by atoms with Crippen molar-refractivity contribution in [2.24, 2.45) is 0 Å². The number of ether oxygens (including phenoxy) is 1. The first-order chi connectivity index (χ1) is 9.50. The van der Waals surface area contributed by atoms with Gasteiger partial charge in [-0.3, -0.25) is 0 Å². The van der Waals surface area contributed by atoms with E-state index < -0.39 is 6.10 Å². The summed E-state index contributed by atoms with van der Waals surface area (Å²) in [6.07, 6.45) is 0.819. The van der Waals surface area contributed by atoms with Gasteiger partial charge in [0, 0.05) is 13.2 Å². The zero-order valence-corrected chi connectivity index (χ0v) is 13.2. The summed E-state index contributed by atoms with van der Waals surface area (Å²) in [5.41, 5.74) is 2.28. The van der Waals surface area contributed by atoms with E-state index in [4.69, 9.17) is 4.74 Å².